The van der Waals surface area contributed by atoms with Gasteiger partial charge in [-0.15, -0.1) is 0 Å². The van der Waals surface area contributed by atoms with Gasteiger partial charge in [0.25, 0.3) is 0 Å². The molecule has 0 spiro atoms. The van der Waals surface area contributed by atoms with Gasteiger partial charge in [-0.05, 0) is 25.1 Å². The number of pyridine rings is 1. The van der Waals surface area contributed by atoms with Crippen molar-refractivity contribution in [2.24, 2.45) is 0 Å². The zero-order valence-electron chi connectivity index (χ0n) is 9.62. The van der Waals surface area contributed by atoms with Gasteiger partial charge in [0.15, 0.2) is 0 Å². The Morgan fingerprint density at radius 3 is 2.94 bits per heavy atom. The monoisotopic (exact) mass is 230 g/mol. The number of para-hydroxylation sites is 1. The highest BCUT2D eigenvalue weighted by Gasteiger charge is 2.34. The second-order valence-electron chi connectivity index (χ2n) is 4.75. The Morgan fingerprint density at radius 2 is 2.12 bits per heavy atom. The van der Waals surface area contributed by atoms with Crippen LogP contribution in [0.15, 0.2) is 36.4 Å². The van der Waals surface area contributed by atoms with Gasteiger partial charge in [-0.1, -0.05) is 24.3 Å². The second kappa shape index (κ2) is 4.08. The number of halogens is 1. The molecule has 2 heterocycles. The zero-order chi connectivity index (χ0) is 11.7. The number of fused-ring (bicyclic) bond motifs is 1. The molecule has 0 aliphatic carbocycles. The third kappa shape index (κ3) is 2.15. The minimum absolute atomic E-state index is 0.408. The fraction of sp³-hybridized carbons (Fsp3) is 0.357. The Hall–Kier alpha value is -1.48. The number of aromatic nitrogens is 1. The first-order valence-corrected chi connectivity index (χ1v) is 6.00. The van der Waals surface area contributed by atoms with Crippen LogP contribution in [0.2, 0.25) is 0 Å². The highest BCUT2D eigenvalue weighted by atomic mass is 19.1. The molecule has 0 amide bonds. The normalized spacial score (nSPS) is 24.3. The summed E-state index contributed by atoms with van der Waals surface area (Å²) in [4.78, 5) is 4.52. The van der Waals surface area contributed by atoms with Crippen LogP contribution in [0.5, 0.6) is 0 Å². The molecule has 1 aromatic carbocycles. The van der Waals surface area contributed by atoms with E-state index in [1.165, 1.54) is 0 Å². The number of nitrogens with one attached hydrogen (secondary N) is 1. The van der Waals surface area contributed by atoms with Crippen LogP contribution in [0.1, 0.15) is 12.1 Å². The van der Waals surface area contributed by atoms with E-state index in [-0.39, 0.29) is 0 Å². The number of alkyl halides is 1. The summed E-state index contributed by atoms with van der Waals surface area (Å²) in [6, 6.07) is 11.9. The molecule has 1 atom stereocenters. The summed E-state index contributed by atoms with van der Waals surface area (Å²) in [6.07, 6.45) is 0.992. The second-order valence-corrected chi connectivity index (χ2v) is 4.75. The molecule has 17 heavy (non-hydrogen) atoms. The lowest BCUT2D eigenvalue weighted by Gasteiger charge is -2.17. The first-order chi connectivity index (χ1) is 8.25. The molecule has 2 aromatic rings. The van der Waals surface area contributed by atoms with E-state index in [0.29, 0.717) is 19.4 Å². The summed E-state index contributed by atoms with van der Waals surface area (Å²) in [6.45, 7) is 1.21. The van der Waals surface area contributed by atoms with Gasteiger partial charge >= 0.3 is 0 Å². The van der Waals surface area contributed by atoms with Gasteiger partial charge in [-0.25, -0.2) is 4.39 Å². The van der Waals surface area contributed by atoms with Crippen molar-refractivity contribution in [3.8, 4) is 0 Å². The van der Waals surface area contributed by atoms with Crippen molar-refractivity contribution in [2.75, 3.05) is 13.1 Å². The van der Waals surface area contributed by atoms with E-state index in [9.17, 15) is 4.39 Å². The number of hydrogen-bond acceptors (Lipinski definition) is 2. The average molecular weight is 230 g/mol. The molecule has 3 rings (SSSR count). The Bertz CT molecular complexity index is 532. The third-order valence-corrected chi connectivity index (χ3v) is 3.35. The van der Waals surface area contributed by atoms with E-state index in [2.05, 4.69) is 10.3 Å². The van der Waals surface area contributed by atoms with Gasteiger partial charge in [0.1, 0.15) is 5.67 Å². The van der Waals surface area contributed by atoms with Crippen molar-refractivity contribution >= 4 is 10.9 Å². The van der Waals surface area contributed by atoms with Crippen molar-refractivity contribution < 1.29 is 4.39 Å². The quantitative estimate of drug-likeness (QED) is 0.857. The van der Waals surface area contributed by atoms with Gasteiger partial charge < -0.3 is 5.32 Å². The molecule has 1 aliphatic rings. The van der Waals surface area contributed by atoms with E-state index in [1.54, 1.807) is 0 Å². The molecule has 1 unspecified atom stereocenters. The first-order valence-electron chi connectivity index (χ1n) is 6.00. The fourth-order valence-corrected chi connectivity index (χ4v) is 2.40. The maximum Gasteiger partial charge on any atom is 0.130 e. The largest absolute Gasteiger partial charge is 0.313 e. The van der Waals surface area contributed by atoms with Crippen molar-refractivity contribution in [1.82, 2.24) is 10.3 Å². The van der Waals surface area contributed by atoms with E-state index in [4.69, 9.17) is 0 Å². The van der Waals surface area contributed by atoms with Gasteiger partial charge in [0.2, 0.25) is 0 Å². The van der Waals surface area contributed by atoms with Crippen molar-refractivity contribution in [3.05, 3.63) is 42.1 Å². The molecule has 2 nitrogen and oxygen atoms in total. The van der Waals surface area contributed by atoms with Crippen LogP contribution in [0.25, 0.3) is 10.9 Å². The minimum Gasteiger partial charge on any atom is -0.313 e. The fourth-order valence-electron chi connectivity index (χ4n) is 2.40. The maximum absolute atomic E-state index is 14.3. The highest BCUT2D eigenvalue weighted by molar-refractivity contribution is 5.78. The van der Waals surface area contributed by atoms with E-state index in [0.717, 1.165) is 23.1 Å². The van der Waals surface area contributed by atoms with E-state index >= 15 is 0 Å². The lowest BCUT2D eigenvalue weighted by molar-refractivity contribution is 0.189. The lowest BCUT2D eigenvalue weighted by atomic mass is 9.98. The van der Waals surface area contributed by atoms with Gasteiger partial charge in [0, 0.05) is 24.0 Å². The van der Waals surface area contributed by atoms with Crippen molar-refractivity contribution in [3.63, 3.8) is 0 Å². The average Bonchev–Trinajstić information content (AvgIpc) is 2.76. The van der Waals surface area contributed by atoms with Gasteiger partial charge in [-0.2, -0.15) is 0 Å². The molecule has 0 radical (unpaired) electrons. The predicted octanol–water partition coefficient (Wildman–Crippen LogP) is 2.48. The van der Waals surface area contributed by atoms with Crippen LogP contribution in [0.3, 0.4) is 0 Å². The highest BCUT2D eigenvalue weighted by Crippen LogP contribution is 2.25. The topological polar surface area (TPSA) is 24.9 Å². The van der Waals surface area contributed by atoms with Crippen LogP contribution < -0.4 is 5.32 Å². The molecule has 88 valence electrons. The van der Waals surface area contributed by atoms with Crippen LogP contribution in [-0.2, 0) is 6.42 Å². The maximum atomic E-state index is 14.3. The molecule has 0 saturated carbocycles. The lowest BCUT2D eigenvalue weighted by Crippen LogP contribution is -2.29. The molecule has 3 heteroatoms. The molecule has 1 N–H and O–H groups in total. The van der Waals surface area contributed by atoms with E-state index < -0.39 is 5.67 Å². The number of hydrogen-bond donors (Lipinski definition) is 1. The van der Waals surface area contributed by atoms with Crippen molar-refractivity contribution in [1.29, 1.82) is 0 Å². The summed E-state index contributed by atoms with van der Waals surface area (Å²) < 4.78 is 14.3. The Morgan fingerprint density at radius 1 is 1.24 bits per heavy atom. The smallest absolute Gasteiger partial charge is 0.130 e. The van der Waals surface area contributed by atoms with Crippen LogP contribution in [0, 0.1) is 0 Å². The van der Waals surface area contributed by atoms with Crippen LogP contribution >= 0.6 is 0 Å². The van der Waals surface area contributed by atoms with E-state index in [1.807, 2.05) is 36.4 Å². The summed E-state index contributed by atoms with van der Waals surface area (Å²) in [5, 5.41) is 4.17. The summed E-state index contributed by atoms with van der Waals surface area (Å²) in [7, 11) is 0. The predicted molar refractivity (Wildman–Crippen MR) is 66.8 cm³/mol. The molecular formula is C14H15FN2. The number of nitrogens with zero attached hydrogens (tertiary/aromatic N) is 1. The standard InChI is InChI=1S/C14H15FN2/c15-14(7-8-16-10-14)9-12-6-5-11-3-1-2-4-13(11)17-12/h1-6,16H,7-10H2. The third-order valence-electron chi connectivity index (χ3n) is 3.35. The molecule has 1 aliphatic heterocycles. The Labute approximate surface area is 99.9 Å². The Balaban J connectivity index is 1.90. The summed E-state index contributed by atoms with van der Waals surface area (Å²) >= 11 is 0. The number of rotatable bonds is 2. The molecular weight excluding hydrogens is 215 g/mol. The van der Waals surface area contributed by atoms with Crippen molar-refractivity contribution in [2.45, 2.75) is 18.5 Å². The molecule has 0 bridgehead atoms. The first kappa shape index (κ1) is 10.7. The Kier molecular flexibility index (Phi) is 2.56. The molecule has 1 fully saturated rings. The zero-order valence-corrected chi connectivity index (χ0v) is 9.62. The van der Waals surface area contributed by atoms with Crippen LogP contribution in [-0.4, -0.2) is 23.7 Å². The summed E-state index contributed by atoms with van der Waals surface area (Å²) in [5.74, 6) is 0. The van der Waals surface area contributed by atoms with Gasteiger partial charge in [-0.3, -0.25) is 4.98 Å². The van der Waals surface area contributed by atoms with Gasteiger partial charge in [0.05, 0.1) is 5.52 Å². The van der Waals surface area contributed by atoms with Crippen LogP contribution in [0.4, 0.5) is 4.39 Å². The molecule has 1 saturated heterocycles. The molecule has 1 aromatic heterocycles. The summed E-state index contributed by atoms with van der Waals surface area (Å²) in [5.41, 5.74) is 0.671. The number of benzene rings is 1. The minimum atomic E-state index is -1.12. The SMILES string of the molecule is FC1(Cc2ccc3ccccc3n2)CCNC1.